The molecule has 0 bridgehead atoms. The zero-order chi connectivity index (χ0) is 18.6. The number of hydrogen-bond donors (Lipinski definition) is 0. The van der Waals surface area contributed by atoms with Crippen molar-refractivity contribution < 1.29 is 14.2 Å². The Kier molecular flexibility index (Phi) is 5.07. The van der Waals surface area contributed by atoms with Crippen LogP contribution in [0.5, 0.6) is 11.5 Å². The molecule has 1 aliphatic heterocycles. The van der Waals surface area contributed by atoms with Crippen molar-refractivity contribution in [3.05, 3.63) is 65.7 Å². The van der Waals surface area contributed by atoms with Crippen LogP contribution in [0.2, 0.25) is 0 Å². The SMILES string of the molecule is CC(C)OCc1nc(CCc2ccccc2)nn1-c1ccc2c(c1)OCO2. The standard InChI is InChI=1S/C21H23N3O3/c1-15(2)25-13-21-22-20(11-8-16-6-4-3-5-7-16)23-24(21)17-9-10-18-19(12-17)27-14-26-18/h3-7,9-10,12,15H,8,11,13-14H2,1-2H3. The smallest absolute Gasteiger partial charge is 0.231 e. The summed E-state index contributed by atoms with van der Waals surface area (Å²) in [6.07, 6.45) is 1.80. The summed E-state index contributed by atoms with van der Waals surface area (Å²) in [6, 6.07) is 16.2. The van der Waals surface area contributed by atoms with E-state index in [-0.39, 0.29) is 12.9 Å². The minimum absolute atomic E-state index is 0.125. The monoisotopic (exact) mass is 365 g/mol. The summed E-state index contributed by atoms with van der Waals surface area (Å²) in [5, 5.41) is 4.73. The molecule has 0 saturated carbocycles. The van der Waals surface area contributed by atoms with Crippen LogP contribution in [-0.4, -0.2) is 27.7 Å². The summed E-state index contributed by atoms with van der Waals surface area (Å²) >= 11 is 0. The Bertz CT molecular complexity index is 906. The van der Waals surface area contributed by atoms with E-state index >= 15 is 0 Å². The van der Waals surface area contributed by atoms with Crippen LogP contribution in [0.1, 0.15) is 31.1 Å². The third-order valence-electron chi connectivity index (χ3n) is 4.34. The van der Waals surface area contributed by atoms with Crippen molar-refractivity contribution >= 4 is 0 Å². The largest absolute Gasteiger partial charge is 0.454 e. The molecule has 2 aromatic carbocycles. The van der Waals surface area contributed by atoms with Gasteiger partial charge < -0.3 is 14.2 Å². The summed E-state index contributed by atoms with van der Waals surface area (Å²) in [5.41, 5.74) is 2.16. The number of aryl methyl sites for hydroxylation is 2. The van der Waals surface area contributed by atoms with Crippen LogP contribution in [0, 0.1) is 0 Å². The van der Waals surface area contributed by atoms with Gasteiger partial charge in [-0.2, -0.15) is 5.10 Å². The summed E-state index contributed by atoms with van der Waals surface area (Å²) in [5.74, 6) is 3.07. The summed E-state index contributed by atoms with van der Waals surface area (Å²) in [7, 11) is 0. The van der Waals surface area contributed by atoms with E-state index < -0.39 is 0 Å². The van der Waals surface area contributed by atoms with Crippen LogP contribution in [0.15, 0.2) is 48.5 Å². The Morgan fingerprint density at radius 1 is 1.04 bits per heavy atom. The van der Waals surface area contributed by atoms with Crippen LogP contribution >= 0.6 is 0 Å². The Labute approximate surface area is 158 Å². The highest BCUT2D eigenvalue weighted by Crippen LogP contribution is 2.33. The molecular weight excluding hydrogens is 342 g/mol. The van der Waals surface area contributed by atoms with E-state index in [9.17, 15) is 0 Å². The Balaban J connectivity index is 1.59. The maximum atomic E-state index is 5.78. The van der Waals surface area contributed by atoms with Crippen LogP contribution in [0.3, 0.4) is 0 Å². The molecule has 27 heavy (non-hydrogen) atoms. The van der Waals surface area contributed by atoms with E-state index in [0.29, 0.717) is 6.61 Å². The number of ether oxygens (including phenoxy) is 3. The fourth-order valence-corrected chi connectivity index (χ4v) is 2.96. The number of nitrogens with zero attached hydrogens (tertiary/aromatic N) is 3. The number of hydrogen-bond acceptors (Lipinski definition) is 5. The van der Waals surface area contributed by atoms with Gasteiger partial charge in [-0.25, -0.2) is 9.67 Å². The van der Waals surface area contributed by atoms with Gasteiger partial charge in [0.15, 0.2) is 23.1 Å². The van der Waals surface area contributed by atoms with Crippen LogP contribution < -0.4 is 9.47 Å². The quantitative estimate of drug-likeness (QED) is 0.639. The molecule has 4 rings (SSSR count). The van der Waals surface area contributed by atoms with E-state index in [1.54, 1.807) is 0 Å². The molecule has 2 heterocycles. The zero-order valence-electron chi connectivity index (χ0n) is 15.6. The fourth-order valence-electron chi connectivity index (χ4n) is 2.96. The third-order valence-corrected chi connectivity index (χ3v) is 4.34. The first-order chi connectivity index (χ1) is 13.2. The lowest BCUT2D eigenvalue weighted by atomic mass is 10.1. The molecular formula is C21H23N3O3. The van der Waals surface area contributed by atoms with Gasteiger partial charge in [-0.1, -0.05) is 30.3 Å². The van der Waals surface area contributed by atoms with E-state index in [2.05, 4.69) is 24.3 Å². The molecule has 1 aliphatic rings. The molecule has 0 atom stereocenters. The minimum atomic E-state index is 0.125. The first-order valence-corrected chi connectivity index (χ1v) is 9.19. The molecule has 0 fully saturated rings. The zero-order valence-corrected chi connectivity index (χ0v) is 15.6. The van der Waals surface area contributed by atoms with Crippen molar-refractivity contribution in [3.63, 3.8) is 0 Å². The molecule has 6 heteroatoms. The second kappa shape index (κ2) is 7.80. The molecule has 0 unspecified atom stereocenters. The highest BCUT2D eigenvalue weighted by Gasteiger charge is 2.17. The Morgan fingerprint density at radius 2 is 1.85 bits per heavy atom. The van der Waals surface area contributed by atoms with Crippen molar-refractivity contribution in [2.45, 2.75) is 39.4 Å². The van der Waals surface area contributed by atoms with Crippen LogP contribution in [0.25, 0.3) is 5.69 Å². The molecule has 1 aromatic heterocycles. The van der Waals surface area contributed by atoms with Gasteiger partial charge >= 0.3 is 0 Å². The number of fused-ring (bicyclic) bond motifs is 1. The van der Waals surface area contributed by atoms with E-state index in [4.69, 9.17) is 24.3 Å². The van der Waals surface area contributed by atoms with Crippen molar-refractivity contribution in [3.8, 4) is 17.2 Å². The van der Waals surface area contributed by atoms with Gasteiger partial charge in [-0.15, -0.1) is 0 Å². The highest BCUT2D eigenvalue weighted by molar-refractivity contribution is 5.50. The second-order valence-corrected chi connectivity index (χ2v) is 6.74. The second-order valence-electron chi connectivity index (χ2n) is 6.74. The van der Waals surface area contributed by atoms with Crippen molar-refractivity contribution in [2.75, 3.05) is 6.79 Å². The normalized spacial score (nSPS) is 12.7. The lowest BCUT2D eigenvalue weighted by Gasteiger charge is -2.09. The number of aromatic nitrogens is 3. The molecule has 0 amide bonds. The molecule has 0 spiro atoms. The van der Waals surface area contributed by atoms with Gasteiger partial charge in [0.1, 0.15) is 6.61 Å². The maximum Gasteiger partial charge on any atom is 0.231 e. The number of benzene rings is 2. The summed E-state index contributed by atoms with van der Waals surface area (Å²) < 4.78 is 18.5. The van der Waals surface area contributed by atoms with E-state index in [0.717, 1.165) is 41.7 Å². The molecule has 140 valence electrons. The Morgan fingerprint density at radius 3 is 2.67 bits per heavy atom. The van der Waals surface area contributed by atoms with E-state index in [1.165, 1.54) is 5.56 Å². The topological polar surface area (TPSA) is 58.4 Å². The van der Waals surface area contributed by atoms with Crippen molar-refractivity contribution in [1.82, 2.24) is 14.8 Å². The van der Waals surface area contributed by atoms with Gasteiger partial charge in [0.25, 0.3) is 0 Å². The molecule has 0 radical (unpaired) electrons. The minimum Gasteiger partial charge on any atom is -0.454 e. The Hall–Kier alpha value is -2.86. The lowest BCUT2D eigenvalue weighted by Crippen LogP contribution is -2.08. The summed E-state index contributed by atoms with van der Waals surface area (Å²) in [6.45, 7) is 4.68. The maximum absolute atomic E-state index is 5.78. The van der Waals surface area contributed by atoms with Gasteiger partial charge in [0, 0.05) is 12.5 Å². The molecule has 3 aromatic rings. The van der Waals surface area contributed by atoms with Crippen molar-refractivity contribution in [1.29, 1.82) is 0 Å². The average Bonchev–Trinajstić information content (AvgIpc) is 3.31. The lowest BCUT2D eigenvalue weighted by molar-refractivity contribution is 0.0602. The van der Waals surface area contributed by atoms with Gasteiger partial charge in [0.05, 0.1) is 11.8 Å². The predicted octanol–water partition coefficient (Wildman–Crippen LogP) is 3.71. The molecule has 0 saturated heterocycles. The summed E-state index contributed by atoms with van der Waals surface area (Å²) in [4.78, 5) is 4.72. The predicted molar refractivity (Wildman–Crippen MR) is 101 cm³/mol. The first-order valence-electron chi connectivity index (χ1n) is 9.19. The van der Waals surface area contributed by atoms with Gasteiger partial charge in [-0.05, 0) is 38.0 Å². The van der Waals surface area contributed by atoms with Crippen molar-refractivity contribution in [2.24, 2.45) is 0 Å². The third kappa shape index (κ3) is 4.11. The van der Waals surface area contributed by atoms with Gasteiger partial charge in [0.2, 0.25) is 6.79 Å². The van der Waals surface area contributed by atoms with E-state index in [1.807, 2.05) is 42.8 Å². The fraction of sp³-hybridized carbons (Fsp3) is 0.333. The first kappa shape index (κ1) is 17.5. The number of rotatable bonds is 7. The molecule has 6 nitrogen and oxygen atoms in total. The molecule has 0 aliphatic carbocycles. The highest BCUT2D eigenvalue weighted by atomic mass is 16.7. The average molecular weight is 365 g/mol. The molecule has 0 N–H and O–H groups in total. The van der Waals surface area contributed by atoms with Gasteiger partial charge in [-0.3, -0.25) is 0 Å². The van der Waals surface area contributed by atoms with Crippen LogP contribution in [-0.2, 0) is 24.2 Å². The van der Waals surface area contributed by atoms with Crippen LogP contribution in [0.4, 0.5) is 0 Å².